The normalized spacial score (nSPS) is 30.2. The number of aromatic nitrogens is 2. The minimum absolute atomic E-state index is 0.235. The van der Waals surface area contributed by atoms with Crippen LogP contribution in [0, 0.1) is 0 Å². The monoisotopic (exact) mass is 493 g/mol. The van der Waals surface area contributed by atoms with Gasteiger partial charge in [-0.3, -0.25) is 4.79 Å². The molecule has 0 saturated carbocycles. The average Bonchev–Trinajstić information content (AvgIpc) is 3.46. The molecule has 0 aliphatic carbocycles. The lowest BCUT2D eigenvalue weighted by Gasteiger charge is -2.36. The summed E-state index contributed by atoms with van der Waals surface area (Å²) in [6.45, 7) is 8.16. The topological polar surface area (TPSA) is 93.1 Å². The van der Waals surface area contributed by atoms with Gasteiger partial charge < -0.3 is 33.6 Å². The minimum atomic E-state index is -0.914. The van der Waals surface area contributed by atoms with E-state index in [4.69, 9.17) is 28.7 Å². The van der Waals surface area contributed by atoms with Gasteiger partial charge in [-0.15, -0.1) is 0 Å². The second-order valence-corrected chi connectivity index (χ2v) is 10.4. The van der Waals surface area contributed by atoms with E-state index in [0.717, 1.165) is 22.4 Å². The van der Waals surface area contributed by atoms with Crippen LogP contribution in [0.4, 0.5) is 0 Å². The van der Waals surface area contributed by atoms with Crippen LogP contribution >= 0.6 is 0 Å². The van der Waals surface area contributed by atoms with E-state index in [1.165, 1.54) is 0 Å². The third-order valence-electron chi connectivity index (χ3n) is 6.75. The molecule has 0 bridgehead atoms. The van der Waals surface area contributed by atoms with Crippen molar-refractivity contribution in [3.05, 3.63) is 66.0 Å². The van der Waals surface area contributed by atoms with Crippen molar-refractivity contribution in [2.24, 2.45) is 0 Å². The van der Waals surface area contributed by atoms with Gasteiger partial charge in [0.15, 0.2) is 24.0 Å². The number of benzene rings is 2. The summed E-state index contributed by atoms with van der Waals surface area (Å²) in [5.74, 6) is -1.27. The molecule has 2 aromatic carbocycles. The van der Waals surface area contributed by atoms with Crippen LogP contribution in [0.5, 0.6) is 0 Å². The van der Waals surface area contributed by atoms with Crippen molar-refractivity contribution >= 4 is 16.9 Å². The molecule has 3 fully saturated rings. The summed E-state index contributed by atoms with van der Waals surface area (Å²) in [5, 5.41) is 3.02. The predicted molar refractivity (Wildman–Crippen MR) is 130 cm³/mol. The van der Waals surface area contributed by atoms with Crippen LogP contribution in [-0.2, 0) is 41.6 Å². The lowest BCUT2D eigenvalue weighted by atomic mass is 9.98. The molecular weight excluding hydrogens is 462 g/mol. The van der Waals surface area contributed by atoms with E-state index in [1.54, 1.807) is 0 Å². The van der Waals surface area contributed by atoms with Gasteiger partial charge in [0.05, 0.1) is 17.6 Å². The maximum Gasteiger partial charge on any atom is 0.252 e. The molecule has 0 unspecified atom stereocenters. The summed E-state index contributed by atoms with van der Waals surface area (Å²) in [5.41, 5.74) is 3.04. The van der Waals surface area contributed by atoms with Gasteiger partial charge in [0, 0.05) is 6.54 Å². The van der Waals surface area contributed by atoms with Crippen LogP contribution in [0.2, 0.25) is 0 Å². The number of carbonyl (C=O) groups is 1. The average molecular weight is 494 g/mol. The maximum absolute atomic E-state index is 13.5. The van der Waals surface area contributed by atoms with Crippen molar-refractivity contribution < 1.29 is 28.5 Å². The largest absolute Gasteiger partial charge is 0.347 e. The van der Waals surface area contributed by atoms with E-state index in [9.17, 15) is 4.79 Å². The number of nitrogens with one attached hydrogen (secondary N) is 1. The molecule has 3 aromatic rings. The Morgan fingerprint density at radius 2 is 1.56 bits per heavy atom. The van der Waals surface area contributed by atoms with Crippen molar-refractivity contribution in [2.75, 3.05) is 0 Å². The van der Waals surface area contributed by atoms with Gasteiger partial charge >= 0.3 is 0 Å². The molecule has 1 aromatic heterocycles. The number of imidazole rings is 1. The number of para-hydroxylation sites is 2. The summed E-state index contributed by atoms with van der Waals surface area (Å²) in [4.78, 5) is 18.2. The van der Waals surface area contributed by atoms with Gasteiger partial charge in [0.25, 0.3) is 5.91 Å². The molecule has 1 amide bonds. The standard InChI is InChI=1S/C27H31N3O6/c1-26(2)33-20-21(34-26)23-25(36-27(3,4)35-23)32-22(20)24(31)28-14-19-29-17-12-8-9-13-18(17)30(19)15-16-10-6-5-7-11-16/h5-13,20-23,25H,14-15H2,1-4H3,(H,28,31)/t20-,21-,22+,23-,25+/m1/s1. The molecule has 1 N–H and O–H groups in total. The molecule has 5 atom stereocenters. The summed E-state index contributed by atoms with van der Waals surface area (Å²) in [6.07, 6.45) is -3.23. The van der Waals surface area contributed by atoms with Crippen LogP contribution < -0.4 is 5.32 Å². The number of carbonyl (C=O) groups excluding carboxylic acids is 1. The maximum atomic E-state index is 13.5. The molecule has 0 spiro atoms. The van der Waals surface area contributed by atoms with E-state index in [2.05, 4.69) is 22.0 Å². The third-order valence-corrected chi connectivity index (χ3v) is 6.75. The Kier molecular flexibility index (Phi) is 5.66. The molecule has 36 heavy (non-hydrogen) atoms. The van der Waals surface area contributed by atoms with E-state index >= 15 is 0 Å². The van der Waals surface area contributed by atoms with E-state index < -0.39 is 42.3 Å². The van der Waals surface area contributed by atoms with Gasteiger partial charge in [-0.1, -0.05) is 42.5 Å². The number of nitrogens with zero attached hydrogens (tertiary/aromatic N) is 2. The first-order valence-electron chi connectivity index (χ1n) is 12.3. The van der Waals surface area contributed by atoms with Crippen molar-refractivity contribution in [1.82, 2.24) is 14.9 Å². The number of hydrogen-bond acceptors (Lipinski definition) is 7. The van der Waals surface area contributed by atoms with Crippen molar-refractivity contribution in [3.8, 4) is 0 Å². The molecule has 0 radical (unpaired) electrons. The minimum Gasteiger partial charge on any atom is -0.347 e. The number of rotatable bonds is 5. The van der Waals surface area contributed by atoms with Crippen molar-refractivity contribution in [3.63, 3.8) is 0 Å². The summed E-state index contributed by atoms with van der Waals surface area (Å²) >= 11 is 0. The second kappa shape index (κ2) is 8.64. The zero-order valence-electron chi connectivity index (χ0n) is 20.8. The molecule has 4 heterocycles. The molecule has 190 valence electrons. The predicted octanol–water partition coefficient (Wildman–Crippen LogP) is 3.10. The highest BCUT2D eigenvalue weighted by atomic mass is 16.9. The van der Waals surface area contributed by atoms with Crippen molar-refractivity contribution in [2.45, 2.75) is 83.1 Å². The SMILES string of the molecule is CC1(C)O[C@@H]2[C@@H](O1)[C@@H](C(=O)NCc1nc3ccccc3n1Cc1ccccc1)O[C@H]1OC(C)(C)O[C@@H]12. The van der Waals surface area contributed by atoms with E-state index in [-0.39, 0.29) is 12.5 Å². The van der Waals surface area contributed by atoms with Crippen LogP contribution in [-0.4, -0.2) is 57.7 Å². The van der Waals surface area contributed by atoms with Crippen LogP contribution in [0.3, 0.4) is 0 Å². The zero-order chi connectivity index (χ0) is 25.1. The van der Waals surface area contributed by atoms with Gasteiger partial charge in [-0.25, -0.2) is 4.98 Å². The molecule has 3 saturated heterocycles. The first kappa shape index (κ1) is 23.6. The highest BCUT2D eigenvalue weighted by molar-refractivity contribution is 5.82. The summed E-state index contributed by atoms with van der Waals surface area (Å²) in [6, 6.07) is 18.1. The first-order valence-corrected chi connectivity index (χ1v) is 12.3. The Balaban J connectivity index is 1.23. The third kappa shape index (κ3) is 4.31. The van der Waals surface area contributed by atoms with E-state index in [1.807, 2.05) is 70.2 Å². The fourth-order valence-corrected chi connectivity index (χ4v) is 5.29. The lowest BCUT2D eigenvalue weighted by Crippen LogP contribution is -2.59. The van der Waals surface area contributed by atoms with Crippen molar-refractivity contribution in [1.29, 1.82) is 0 Å². The Morgan fingerprint density at radius 1 is 0.889 bits per heavy atom. The molecule has 6 rings (SSSR count). The van der Waals surface area contributed by atoms with Gasteiger partial charge in [-0.05, 0) is 45.4 Å². The highest BCUT2D eigenvalue weighted by Crippen LogP contribution is 2.44. The fraction of sp³-hybridized carbons (Fsp3) is 0.481. The molecule has 3 aliphatic rings. The zero-order valence-corrected chi connectivity index (χ0v) is 20.8. The number of hydrogen-bond donors (Lipinski definition) is 1. The Labute approximate surface area is 209 Å². The molecular formula is C27H31N3O6. The summed E-state index contributed by atoms with van der Waals surface area (Å²) in [7, 11) is 0. The highest BCUT2D eigenvalue weighted by Gasteiger charge is 2.62. The molecule has 9 nitrogen and oxygen atoms in total. The van der Waals surface area contributed by atoms with Crippen LogP contribution in [0.1, 0.15) is 39.1 Å². The van der Waals surface area contributed by atoms with Crippen LogP contribution in [0.25, 0.3) is 11.0 Å². The van der Waals surface area contributed by atoms with Gasteiger partial charge in [0.1, 0.15) is 24.1 Å². The number of amides is 1. The number of ether oxygens (including phenoxy) is 5. The van der Waals surface area contributed by atoms with E-state index in [0.29, 0.717) is 6.54 Å². The first-order chi connectivity index (χ1) is 17.2. The second-order valence-electron chi connectivity index (χ2n) is 10.4. The molecule has 3 aliphatic heterocycles. The van der Waals surface area contributed by atoms with Crippen LogP contribution in [0.15, 0.2) is 54.6 Å². The smallest absolute Gasteiger partial charge is 0.252 e. The fourth-order valence-electron chi connectivity index (χ4n) is 5.29. The van der Waals surface area contributed by atoms with Gasteiger partial charge in [0.2, 0.25) is 0 Å². The quantitative estimate of drug-likeness (QED) is 0.584. The Bertz CT molecular complexity index is 1270. The summed E-state index contributed by atoms with van der Waals surface area (Å²) < 4.78 is 32.4. The van der Waals surface area contributed by atoms with Gasteiger partial charge in [-0.2, -0.15) is 0 Å². The Hall–Kier alpha value is -2.82. The molecule has 9 heteroatoms. The lowest BCUT2D eigenvalue weighted by molar-refractivity contribution is -0.231. The Morgan fingerprint density at radius 3 is 2.36 bits per heavy atom. The number of fused-ring (bicyclic) bond motifs is 4.